The summed E-state index contributed by atoms with van der Waals surface area (Å²) < 4.78 is 6.81. The lowest BCUT2D eigenvalue weighted by molar-refractivity contribution is 0.0990. The summed E-state index contributed by atoms with van der Waals surface area (Å²) in [5, 5.41) is 2.79. The van der Waals surface area contributed by atoms with E-state index in [1.165, 1.54) is 16.7 Å². The van der Waals surface area contributed by atoms with Crippen LogP contribution in [-0.4, -0.2) is 16.6 Å². The van der Waals surface area contributed by atoms with E-state index in [1.807, 2.05) is 30.3 Å². The molecule has 1 aliphatic rings. The van der Waals surface area contributed by atoms with Crippen LogP contribution in [0.2, 0.25) is 0 Å². The van der Waals surface area contributed by atoms with Gasteiger partial charge in [-0.2, -0.15) is 0 Å². The number of furan rings is 1. The molecule has 0 aliphatic heterocycles. The number of aromatic nitrogens is 1. The highest BCUT2D eigenvalue weighted by atomic mass is 32.1. The number of allylic oxidation sites excluding steroid dienone is 1. The summed E-state index contributed by atoms with van der Waals surface area (Å²) in [7, 11) is 0. The van der Waals surface area contributed by atoms with Crippen LogP contribution in [0.1, 0.15) is 43.2 Å². The maximum atomic E-state index is 13.0. The number of fused-ring (bicyclic) bond motifs is 3. The maximum absolute atomic E-state index is 13.0. The molecule has 0 saturated carbocycles. The topological polar surface area (TPSA) is 60.2 Å². The molecule has 0 radical (unpaired) electrons. The van der Waals surface area contributed by atoms with Crippen LogP contribution >= 0.6 is 11.3 Å². The van der Waals surface area contributed by atoms with E-state index < -0.39 is 0 Å². The van der Waals surface area contributed by atoms with Crippen molar-refractivity contribution in [1.29, 1.82) is 0 Å². The lowest BCUT2D eigenvalue weighted by Crippen LogP contribution is -1.99. The van der Waals surface area contributed by atoms with Crippen LogP contribution in [0.25, 0.3) is 37.8 Å². The zero-order valence-corrected chi connectivity index (χ0v) is 19.2. The van der Waals surface area contributed by atoms with Crippen LogP contribution in [0, 0.1) is 20.8 Å². The molecule has 2 aromatic heterocycles. The maximum Gasteiger partial charge on any atom is 0.238 e. The Morgan fingerprint density at radius 3 is 2.03 bits per heavy atom. The van der Waals surface area contributed by atoms with Crippen molar-refractivity contribution in [2.75, 3.05) is 0 Å². The van der Waals surface area contributed by atoms with Crippen molar-refractivity contribution in [2.24, 2.45) is 0 Å². The van der Waals surface area contributed by atoms with E-state index in [4.69, 9.17) is 9.40 Å². The number of hydrogen-bond acceptors (Lipinski definition) is 5. The van der Waals surface area contributed by atoms with Gasteiger partial charge in [-0.05, 0) is 60.9 Å². The first kappa shape index (κ1) is 19.8. The van der Waals surface area contributed by atoms with Gasteiger partial charge in [-0.15, -0.1) is 11.3 Å². The molecule has 4 nitrogen and oxygen atoms in total. The second kappa shape index (κ2) is 7.09. The molecule has 3 aromatic carbocycles. The Kier molecular flexibility index (Phi) is 4.26. The summed E-state index contributed by atoms with van der Waals surface area (Å²) in [6.07, 6.45) is 1.55. The van der Waals surface area contributed by atoms with Gasteiger partial charge in [0.15, 0.2) is 11.6 Å². The van der Waals surface area contributed by atoms with Crippen molar-refractivity contribution in [3.05, 3.63) is 93.7 Å². The van der Waals surface area contributed by atoms with E-state index in [-0.39, 0.29) is 17.1 Å². The molecule has 0 fully saturated rings. The minimum Gasteiger partial charge on any atom is -0.437 e. The van der Waals surface area contributed by atoms with E-state index in [2.05, 4.69) is 32.9 Å². The van der Waals surface area contributed by atoms with E-state index in [9.17, 15) is 9.59 Å². The number of Topliss-reactive ketones (excluding diaryl/α,β-unsaturated/α-hetero) is 2. The van der Waals surface area contributed by atoms with Crippen molar-refractivity contribution in [3.8, 4) is 10.6 Å². The first-order valence-electron chi connectivity index (χ1n) is 10.7. The van der Waals surface area contributed by atoms with Gasteiger partial charge in [-0.25, -0.2) is 4.98 Å². The lowest BCUT2D eigenvalue weighted by atomic mass is 10.0. The predicted octanol–water partition coefficient (Wildman–Crippen LogP) is 7.10. The van der Waals surface area contributed by atoms with E-state index in [0.717, 1.165) is 26.0 Å². The standard InChI is InChI=1S/C28H19NO3S/c1-14-8-15(2)24(16(3)9-14)28-29-27-23(33-28)13-19(32-27)12-22-25(30)20-10-17-6-4-5-7-18(17)11-21(20)26(22)31/h4-13H,1-3H3. The molecule has 0 spiro atoms. The number of carbonyl (C=O) groups is 2. The highest BCUT2D eigenvalue weighted by Crippen LogP contribution is 2.37. The number of rotatable bonds is 2. The largest absolute Gasteiger partial charge is 0.437 e. The minimum atomic E-state index is -0.264. The Morgan fingerprint density at radius 1 is 0.848 bits per heavy atom. The summed E-state index contributed by atoms with van der Waals surface area (Å²) in [6, 6.07) is 17.5. The minimum absolute atomic E-state index is 0.132. The van der Waals surface area contributed by atoms with Gasteiger partial charge in [-0.3, -0.25) is 9.59 Å². The van der Waals surface area contributed by atoms with Gasteiger partial charge < -0.3 is 4.42 Å². The molecule has 6 rings (SSSR count). The van der Waals surface area contributed by atoms with Crippen LogP contribution in [0.3, 0.4) is 0 Å². The van der Waals surface area contributed by atoms with Crippen LogP contribution in [-0.2, 0) is 0 Å². The molecule has 160 valence electrons. The van der Waals surface area contributed by atoms with Crippen LogP contribution in [0.4, 0.5) is 0 Å². The van der Waals surface area contributed by atoms with Crippen LogP contribution < -0.4 is 0 Å². The second-order valence-electron chi connectivity index (χ2n) is 8.57. The molecule has 0 unspecified atom stereocenters. The Bertz CT molecular complexity index is 1570. The lowest BCUT2D eigenvalue weighted by Gasteiger charge is -2.08. The molecular formula is C28H19NO3S. The Labute approximate surface area is 194 Å². The smallest absolute Gasteiger partial charge is 0.238 e. The molecule has 1 aliphatic carbocycles. The Balaban J connectivity index is 1.39. The number of ketones is 2. The SMILES string of the molecule is Cc1cc(C)c(-c2nc3oc(C=C4C(=O)c5cc6ccccc6cc5C4=O)cc3s2)c(C)c1. The fourth-order valence-corrected chi connectivity index (χ4v) is 5.84. The Hall–Kier alpha value is -3.83. The molecule has 2 heterocycles. The molecule has 0 amide bonds. The van der Waals surface area contributed by atoms with Crippen molar-refractivity contribution >= 4 is 50.2 Å². The van der Waals surface area contributed by atoms with Gasteiger partial charge in [0, 0.05) is 22.8 Å². The summed E-state index contributed by atoms with van der Waals surface area (Å²) >= 11 is 1.55. The molecule has 0 saturated heterocycles. The number of hydrogen-bond donors (Lipinski definition) is 0. The molecule has 0 bridgehead atoms. The van der Waals surface area contributed by atoms with Gasteiger partial charge in [0.05, 0.1) is 10.3 Å². The monoisotopic (exact) mass is 449 g/mol. The third kappa shape index (κ3) is 3.08. The normalized spacial score (nSPS) is 13.4. The van der Waals surface area contributed by atoms with E-state index in [0.29, 0.717) is 22.6 Å². The first-order chi connectivity index (χ1) is 15.9. The number of benzene rings is 3. The summed E-state index contributed by atoms with van der Waals surface area (Å²) in [4.78, 5) is 30.7. The second-order valence-corrected chi connectivity index (χ2v) is 9.60. The van der Waals surface area contributed by atoms with Gasteiger partial charge in [-0.1, -0.05) is 42.0 Å². The first-order valence-corrected chi connectivity index (χ1v) is 11.5. The third-order valence-corrected chi connectivity index (χ3v) is 7.15. The molecule has 5 aromatic rings. The predicted molar refractivity (Wildman–Crippen MR) is 132 cm³/mol. The van der Waals surface area contributed by atoms with Crippen LogP contribution in [0.5, 0.6) is 0 Å². The van der Waals surface area contributed by atoms with Gasteiger partial charge in [0.1, 0.15) is 10.8 Å². The quantitative estimate of drug-likeness (QED) is 0.213. The summed E-state index contributed by atoms with van der Waals surface area (Å²) in [5.74, 6) is -0.0677. The number of aryl methyl sites for hydroxylation is 3. The zero-order valence-electron chi connectivity index (χ0n) is 18.4. The molecule has 5 heteroatoms. The van der Waals surface area contributed by atoms with Gasteiger partial charge in [0.25, 0.3) is 0 Å². The number of thiazole rings is 1. The third-order valence-electron chi connectivity index (χ3n) is 6.15. The van der Waals surface area contributed by atoms with E-state index >= 15 is 0 Å². The fraction of sp³-hybridized carbons (Fsp3) is 0.107. The summed E-state index contributed by atoms with van der Waals surface area (Å²) in [6.45, 7) is 6.27. The van der Waals surface area contributed by atoms with E-state index in [1.54, 1.807) is 29.5 Å². The van der Waals surface area contributed by atoms with Gasteiger partial charge in [0.2, 0.25) is 5.71 Å². The number of carbonyl (C=O) groups excluding carboxylic acids is 2. The molecule has 0 atom stereocenters. The number of nitrogens with zero attached hydrogens (tertiary/aromatic N) is 1. The summed E-state index contributed by atoms with van der Waals surface area (Å²) in [5.41, 5.74) is 6.25. The molecule has 33 heavy (non-hydrogen) atoms. The van der Waals surface area contributed by atoms with Crippen molar-refractivity contribution in [1.82, 2.24) is 4.98 Å². The molecule has 0 N–H and O–H groups in total. The van der Waals surface area contributed by atoms with Gasteiger partial charge >= 0.3 is 0 Å². The highest BCUT2D eigenvalue weighted by Gasteiger charge is 2.33. The average molecular weight is 450 g/mol. The zero-order chi connectivity index (χ0) is 22.9. The molecular weight excluding hydrogens is 430 g/mol. The average Bonchev–Trinajstić information content (AvgIpc) is 3.39. The fourth-order valence-electron chi connectivity index (χ4n) is 4.73. The van der Waals surface area contributed by atoms with Crippen molar-refractivity contribution in [3.63, 3.8) is 0 Å². The van der Waals surface area contributed by atoms with Crippen LogP contribution in [0.15, 0.2) is 64.6 Å². The Morgan fingerprint density at radius 2 is 1.45 bits per heavy atom. The van der Waals surface area contributed by atoms with Crippen molar-refractivity contribution in [2.45, 2.75) is 20.8 Å². The van der Waals surface area contributed by atoms with Crippen molar-refractivity contribution < 1.29 is 14.0 Å². The highest BCUT2D eigenvalue weighted by molar-refractivity contribution is 7.21.